The van der Waals surface area contributed by atoms with Crippen molar-refractivity contribution in [2.75, 3.05) is 5.32 Å². The lowest BCUT2D eigenvalue weighted by Crippen LogP contribution is -2.38. The molecule has 2 unspecified atom stereocenters. The molecule has 0 aromatic carbocycles. The molecule has 1 fully saturated rings. The van der Waals surface area contributed by atoms with Crippen LogP contribution in [0.3, 0.4) is 0 Å². The normalized spacial score (nSPS) is 22.9. The molecule has 1 aromatic rings. The number of rotatable bonds is 3. The third kappa shape index (κ3) is 4.03. The highest BCUT2D eigenvalue weighted by molar-refractivity contribution is 6.33. The average Bonchev–Trinajstić information content (AvgIpc) is 2.65. The summed E-state index contributed by atoms with van der Waals surface area (Å²) in [6.07, 6.45) is 0.408. The molecule has 3 N–H and O–H groups in total. The first-order valence-corrected chi connectivity index (χ1v) is 7.45. The molecule has 22 heavy (non-hydrogen) atoms. The molecule has 0 aliphatic heterocycles. The number of alkyl halides is 3. The maximum Gasteiger partial charge on any atom is 0.417 e. The summed E-state index contributed by atoms with van der Waals surface area (Å²) in [5, 5.41) is 2.87. The van der Waals surface area contributed by atoms with Gasteiger partial charge < -0.3 is 11.1 Å². The number of pyridine rings is 1. The van der Waals surface area contributed by atoms with Gasteiger partial charge in [-0.1, -0.05) is 30.9 Å². The number of hydrogen-bond acceptors (Lipinski definition) is 3. The quantitative estimate of drug-likeness (QED) is 0.829. The fourth-order valence-corrected chi connectivity index (χ4v) is 2.92. The van der Waals surface area contributed by atoms with Crippen molar-refractivity contribution in [3.05, 3.63) is 22.8 Å². The Morgan fingerprint density at radius 2 is 2.00 bits per heavy atom. The van der Waals surface area contributed by atoms with Crippen LogP contribution in [-0.2, 0) is 11.0 Å². The molecule has 0 bridgehead atoms. The van der Waals surface area contributed by atoms with E-state index in [2.05, 4.69) is 10.3 Å². The second-order valence-corrected chi connectivity index (χ2v) is 5.86. The molecule has 1 amide bonds. The molecule has 0 radical (unpaired) electrons. The summed E-state index contributed by atoms with van der Waals surface area (Å²) in [6, 6.07) is 0.564. The van der Waals surface area contributed by atoms with Gasteiger partial charge in [-0.15, -0.1) is 0 Å². The van der Waals surface area contributed by atoms with Gasteiger partial charge in [0, 0.05) is 12.2 Å². The Morgan fingerprint density at radius 3 is 2.59 bits per heavy atom. The van der Waals surface area contributed by atoms with Gasteiger partial charge in [0.2, 0.25) is 5.91 Å². The predicted molar refractivity (Wildman–Crippen MR) is 77.4 cm³/mol. The lowest BCUT2D eigenvalue weighted by molar-refractivity contribution is -0.137. The summed E-state index contributed by atoms with van der Waals surface area (Å²) in [6.45, 7) is 0. The number of nitrogens with zero attached hydrogens (tertiary/aromatic N) is 1. The van der Waals surface area contributed by atoms with Crippen molar-refractivity contribution in [2.24, 2.45) is 11.7 Å². The van der Waals surface area contributed by atoms with Crippen LogP contribution in [0, 0.1) is 5.92 Å². The first-order chi connectivity index (χ1) is 10.3. The van der Waals surface area contributed by atoms with Gasteiger partial charge in [0.1, 0.15) is 5.82 Å². The topological polar surface area (TPSA) is 68.0 Å². The van der Waals surface area contributed by atoms with E-state index in [1.54, 1.807) is 0 Å². The molecule has 1 aliphatic rings. The number of carbonyl (C=O) groups excluding carboxylic acids is 1. The van der Waals surface area contributed by atoms with Gasteiger partial charge in [0.15, 0.2) is 0 Å². The Balaban J connectivity index is 2.19. The van der Waals surface area contributed by atoms with Crippen molar-refractivity contribution in [3.8, 4) is 0 Å². The number of halogens is 4. The molecule has 1 heterocycles. The summed E-state index contributed by atoms with van der Waals surface area (Å²) in [4.78, 5) is 15.3. The van der Waals surface area contributed by atoms with Crippen molar-refractivity contribution >= 4 is 23.3 Å². The molecule has 4 nitrogen and oxygen atoms in total. The zero-order valence-electron chi connectivity index (χ0n) is 11.8. The van der Waals surface area contributed by atoms with E-state index in [1.807, 2.05) is 0 Å². The molecular formula is C14H17ClF3N3O. The van der Waals surface area contributed by atoms with Gasteiger partial charge in [-0.3, -0.25) is 4.79 Å². The largest absolute Gasteiger partial charge is 0.417 e. The molecule has 122 valence electrons. The average molecular weight is 336 g/mol. The number of hydrogen-bond donors (Lipinski definition) is 2. The van der Waals surface area contributed by atoms with Crippen molar-refractivity contribution < 1.29 is 18.0 Å². The Hall–Kier alpha value is -1.50. The van der Waals surface area contributed by atoms with Gasteiger partial charge in [-0.25, -0.2) is 4.98 Å². The van der Waals surface area contributed by atoms with E-state index >= 15 is 0 Å². The number of carbonyl (C=O) groups is 1. The highest BCUT2D eigenvalue weighted by atomic mass is 35.5. The molecule has 8 heteroatoms. The minimum Gasteiger partial charge on any atom is -0.369 e. The molecule has 0 saturated heterocycles. The third-order valence-electron chi connectivity index (χ3n) is 3.87. The van der Waals surface area contributed by atoms with Gasteiger partial charge in [-0.2, -0.15) is 13.2 Å². The van der Waals surface area contributed by atoms with Gasteiger partial charge >= 0.3 is 6.18 Å². The van der Waals surface area contributed by atoms with E-state index in [4.69, 9.17) is 17.3 Å². The first-order valence-electron chi connectivity index (χ1n) is 7.07. The molecule has 1 saturated carbocycles. The number of aromatic nitrogens is 1. The summed E-state index contributed by atoms with van der Waals surface area (Å²) in [5.74, 6) is -0.641. The van der Waals surface area contributed by atoms with E-state index in [-0.39, 0.29) is 22.8 Å². The minimum atomic E-state index is -4.49. The number of nitrogens with two attached hydrogens (primary N) is 1. The monoisotopic (exact) mass is 335 g/mol. The van der Waals surface area contributed by atoms with Crippen LogP contribution in [0.25, 0.3) is 0 Å². The molecule has 0 spiro atoms. The van der Waals surface area contributed by atoms with Crippen molar-refractivity contribution in [1.29, 1.82) is 0 Å². The van der Waals surface area contributed by atoms with Crippen LogP contribution in [0.4, 0.5) is 19.0 Å². The van der Waals surface area contributed by atoms with Gasteiger partial charge in [0.05, 0.1) is 16.5 Å². The molecule has 2 atom stereocenters. The first kappa shape index (κ1) is 16.9. The van der Waals surface area contributed by atoms with E-state index in [1.165, 1.54) is 0 Å². The van der Waals surface area contributed by atoms with E-state index in [0.717, 1.165) is 31.5 Å². The summed E-state index contributed by atoms with van der Waals surface area (Å²) in [5.41, 5.74) is 4.51. The Morgan fingerprint density at radius 1 is 1.32 bits per heavy atom. The summed E-state index contributed by atoms with van der Waals surface area (Å²) < 4.78 is 37.8. The summed E-state index contributed by atoms with van der Waals surface area (Å²) >= 11 is 5.88. The van der Waals surface area contributed by atoms with E-state index < -0.39 is 17.6 Å². The van der Waals surface area contributed by atoms with Gasteiger partial charge in [0.25, 0.3) is 0 Å². The van der Waals surface area contributed by atoms with E-state index in [0.29, 0.717) is 12.8 Å². The van der Waals surface area contributed by atoms with Crippen molar-refractivity contribution in [1.82, 2.24) is 4.98 Å². The SMILES string of the molecule is NC(=O)C1CCCCCC1Nc1ncc(C(F)(F)F)cc1Cl. The van der Waals surface area contributed by atoms with Crippen LogP contribution < -0.4 is 11.1 Å². The van der Waals surface area contributed by atoms with Crippen LogP contribution in [0.15, 0.2) is 12.3 Å². The predicted octanol–water partition coefficient (Wildman–Crippen LogP) is 3.60. The highest BCUT2D eigenvalue weighted by Gasteiger charge is 2.32. The Bertz CT molecular complexity index is 551. The maximum absolute atomic E-state index is 12.6. The van der Waals surface area contributed by atoms with E-state index in [9.17, 15) is 18.0 Å². The lowest BCUT2D eigenvalue weighted by Gasteiger charge is -2.24. The number of primary amides is 1. The van der Waals surface area contributed by atoms with Crippen molar-refractivity contribution in [3.63, 3.8) is 0 Å². The number of anilines is 1. The van der Waals surface area contributed by atoms with Crippen LogP contribution in [0.5, 0.6) is 0 Å². The van der Waals surface area contributed by atoms with Crippen LogP contribution in [0.1, 0.15) is 37.7 Å². The number of amides is 1. The minimum absolute atomic E-state index is 0.123. The number of nitrogens with one attached hydrogen (secondary N) is 1. The highest BCUT2D eigenvalue weighted by Crippen LogP contribution is 2.33. The Labute approximate surface area is 131 Å². The zero-order valence-corrected chi connectivity index (χ0v) is 12.5. The second-order valence-electron chi connectivity index (χ2n) is 5.45. The molecule has 2 rings (SSSR count). The van der Waals surface area contributed by atoms with Crippen molar-refractivity contribution in [2.45, 2.75) is 44.3 Å². The lowest BCUT2D eigenvalue weighted by atomic mass is 9.94. The zero-order chi connectivity index (χ0) is 16.3. The molecule has 1 aromatic heterocycles. The second kappa shape index (κ2) is 6.73. The third-order valence-corrected chi connectivity index (χ3v) is 4.16. The maximum atomic E-state index is 12.6. The summed E-state index contributed by atoms with van der Waals surface area (Å²) in [7, 11) is 0. The Kier molecular flexibility index (Phi) is 5.16. The van der Waals surface area contributed by atoms with Gasteiger partial charge in [-0.05, 0) is 18.9 Å². The van der Waals surface area contributed by atoms with Crippen LogP contribution in [-0.4, -0.2) is 16.9 Å². The molecule has 1 aliphatic carbocycles. The molecular weight excluding hydrogens is 319 g/mol. The smallest absolute Gasteiger partial charge is 0.369 e. The fraction of sp³-hybridized carbons (Fsp3) is 0.571. The van der Waals surface area contributed by atoms with Crippen LogP contribution in [0.2, 0.25) is 5.02 Å². The standard InChI is InChI=1S/C14H17ClF3N3O/c15-10-6-8(14(16,17)18)7-20-13(10)21-11-5-3-1-2-4-9(11)12(19)22/h6-7,9,11H,1-5H2,(H2,19,22)(H,20,21). The van der Waals surface area contributed by atoms with Crippen LogP contribution >= 0.6 is 11.6 Å². The fourth-order valence-electron chi connectivity index (χ4n) is 2.70.